The van der Waals surface area contributed by atoms with Crippen molar-refractivity contribution in [3.63, 3.8) is 0 Å². The third-order valence-electron chi connectivity index (χ3n) is 2.92. The fraction of sp³-hybridized carbons (Fsp3) is 0.0769. The molecule has 0 saturated heterocycles. The molecular weight excluding hydrogens is 345 g/mol. The van der Waals surface area contributed by atoms with Gasteiger partial charge in [-0.2, -0.15) is 21.6 Å². The predicted molar refractivity (Wildman–Crippen MR) is 74.3 cm³/mol. The van der Waals surface area contributed by atoms with Gasteiger partial charge in [-0.15, -0.1) is 0 Å². The fourth-order valence-corrected chi connectivity index (χ4v) is 2.74. The van der Waals surface area contributed by atoms with Crippen molar-refractivity contribution in [2.75, 3.05) is 0 Å². The van der Waals surface area contributed by atoms with E-state index in [2.05, 4.69) is 4.18 Å². The van der Waals surface area contributed by atoms with Crippen LogP contribution in [0, 0.1) is 0 Å². The highest BCUT2D eigenvalue weighted by molar-refractivity contribution is 7.88. The highest BCUT2D eigenvalue weighted by Gasteiger charge is 2.48. The smallest absolute Gasteiger partial charge is 0.452 e. The van der Waals surface area contributed by atoms with Crippen molar-refractivity contribution < 1.29 is 30.2 Å². The minimum atomic E-state index is -5.78. The highest BCUT2D eigenvalue weighted by atomic mass is 35.5. The van der Waals surface area contributed by atoms with Gasteiger partial charge in [-0.05, 0) is 18.2 Å². The molecule has 2 aromatic carbocycles. The lowest BCUT2D eigenvalue weighted by Gasteiger charge is -2.09. The molecule has 0 fully saturated rings. The first-order valence-electron chi connectivity index (χ1n) is 5.81. The van der Waals surface area contributed by atoms with E-state index in [1.807, 2.05) is 0 Å². The summed E-state index contributed by atoms with van der Waals surface area (Å²) < 4.78 is 69.1. The highest BCUT2D eigenvalue weighted by Crippen LogP contribution is 2.39. The van der Waals surface area contributed by atoms with Gasteiger partial charge in [0, 0.05) is 10.8 Å². The zero-order valence-corrected chi connectivity index (χ0v) is 12.1. The van der Waals surface area contributed by atoms with Crippen molar-refractivity contribution in [1.29, 1.82) is 0 Å². The van der Waals surface area contributed by atoms with Crippen molar-refractivity contribution in [3.05, 3.63) is 41.4 Å². The summed E-state index contributed by atoms with van der Waals surface area (Å²) in [5, 5.41) is 1.15. The summed E-state index contributed by atoms with van der Waals surface area (Å²) >= 11 is 6.04. The molecule has 0 radical (unpaired) electrons. The third kappa shape index (κ3) is 2.28. The summed E-state index contributed by atoms with van der Waals surface area (Å²) in [5.74, 6) is -0.554. The van der Waals surface area contributed by atoms with Crippen LogP contribution in [0.5, 0.6) is 5.75 Å². The van der Waals surface area contributed by atoms with E-state index in [1.165, 1.54) is 6.07 Å². The number of benzene rings is 2. The molecule has 116 valence electrons. The van der Waals surface area contributed by atoms with Crippen LogP contribution in [0.3, 0.4) is 0 Å². The monoisotopic (exact) mass is 350 g/mol. The number of rotatable bonds is 2. The molecule has 0 amide bonds. The number of para-hydroxylation sites is 1. The molecule has 3 aromatic rings. The van der Waals surface area contributed by atoms with E-state index in [0.29, 0.717) is 21.4 Å². The Kier molecular flexibility index (Phi) is 3.26. The normalized spacial score (nSPS) is 12.9. The lowest BCUT2D eigenvalue weighted by Crippen LogP contribution is -2.28. The second-order valence-corrected chi connectivity index (χ2v) is 6.28. The molecule has 1 heterocycles. The summed E-state index contributed by atoms with van der Waals surface area (Å²) in [6.45, 7) is 0. The largest absolute Gasteiger partial charge is 0.534 e. The Labute approximate surface area is 127 Å². The molecule has 0 aliphatic heterocycles. The quantitative estimate of drug-likeness (QED) is 0.505. The van der Waals surface area contributed by atoms with E-state index < -0.39 is 21.4 Å². The summed E-state index contributed by atoms with van der Waals surface area (Å²) in [6, 6.07) is 8.70. The van der Waals surface area contributed by atoms with Crippen LogP contribution in [0.15, 0.2) is 40.8 Å². The molecular formula is C13H6ClF3O4S. The van der Waals surface area contributed by atoms with E-state index in [9.17, 15) is 21.6 Å². The summed E-state index contributed by atoms with van der Waals surface area (Å²) in [6.07, 6.45) is 0. The van der Waals surface area contributed by atoms with Crippen LogP contribution < -0.4 is 4.18 Å². The lowest BCUT2D eigenvalue weighted by molar-refractivity contribution is -0.0499. The van der Waals surface area contributed by atoms with Gasteiger partial charge in [-0.3, -0.25) is 0 Å². The average molecular weight is 351 g/mol. The van der Waals surface area contributed by atoms with Gasteiger partial charge in [0.05, 0.1) is 5.02 Å². The minimum absolute atomic E-state index is 0.126. The Morgan fingerprint density at radius 2 is 1.77 bits per heavy atom. The van der Waals surface area contributed by atoms with Crippen LogP contribution in [0.25, 0.3) is 21.9 Å². The van der Waals surface area contributed by atoms with Crippen LogP contribution in [0.2, 0.25) is 5.02 Å². The van der Waals surface area contributed by atoms with E-state index in [0.717, 1.165) is 6.07 Å². The van der Waals surface area contributed by atoms with Gasteiger partial charge in [-0.1, -0.05) is 29.8 Å². The number of fused-ring (bicyclic) bond motifs is 3. The van der Waals surface area contributed by atoms with E-state index in [-0.39, 0.29) is 5.58 Å². The minimum Gasteiger partial charge on any atom is -0.452 e. The Bertz CT molecular complexity index is 976. The molecule has 0 N–H and O–H groups in total. The van der Waals surface area contributed by atoms with Crippen molar-refractivity contribution in [1.82, 2.24) is 0 Å². The third-order valence-corrected chi connectivity index (χ3v) is 4.20. The summed E-state index contributed by atoms with van der Waals surface area (Å²) in [5.41, 5.74) is -5.35. The number of furan rings is 1. The molecule has 4 nitrogen and oxygen atoms in total. The number of alkyl halides is 3. The number of halogens is 4. The van der Waals surface area contributed by atoms with Crippen LogP contribution >= 0.6 is 11.6 Å². The van der Waals surface area contributed by atoms with Crippen molar-refractivity contribution in [3.8, 4) is 5.75 Å². The van der Waals surface area contributed by atoms with Crippen LogP contribution in [0.4, 0.5) is 13.2 Å². The van der Waals surface area contributed by atoms with Gasteiger partial charge in [0.15, 0.2) is 11.3 Å². The van der Waals surface area contributed by atoms with Crippen LogP contribution in [0.1, 0.15) is 0 Å². The fourth-order valence-electron chi connectivity index (χ4n) is 2.01. The summed E-state index contributed by atoms with van der Waals surface area (Å²) in [4.78, 5) is 0. The van der Waals surface area contributed by atoms with E-state index in [4.69, 9.17) is 16.0 Å². The first kappa shape index (κ1) is 15.0. The molecule has 0 atom stereocenters. The molecule has 0 spiro atoms. The maximum Gasteiger partial charge on any atom is 0.534 e. The standard InChI is InChI=1S/C13H6ClF3O4S/c14-8-4-2-5-9-11(8)7-3-1-6-10(12(7)20-9)21-22(18,19)13(15,16)17/h1-6H. The number of hydrogen-bond acceptors (Lipinski definition) is 4. The Morgan fingerprint density at radius 1 is 1.09 bits per heavy atom. The molecule has 0 aliphatic rings. The van der Waals surface area contributed by atoms with Gasteiger partial charge < -0.3 is 8.60 Å². The second kappa shape index (κ2) is 4.79. The number of hydrogen-bond donors (Lipinski definition) is 0. The molecule has 0 bridgehead atoms. The van der Waals surface area contributed by atoms with Crippen LogP contribution in [-0.4, -0.2) is 13.9 Å². The van der Waals surface area contributed by atoms with Gasteiger partial charge >= 0.3 is 15.6 Å². The Morgan fingerprint density at radius 3 is 2.45 bits per heavy atom. The van der Waals surface area contributed by atoms with Crippen molar-refractivity contribution >= 4 is 43.7 Å². The zero-order chi connectivity index (χ0) is 16.1. The van der Waals surface area contributed by atoms with Gasteiger partial charge in [0.2, 0.25) is 0 Å². The average Bonchev–Trinajstić information content (AvgIpc) is 2.78. The Balaban J connectivity index is 2.25. The first-order chi connectivity index (χ1) is 10.2. The van der Waals surface area contributed by atoms with Gasteiger partial charge in [0.1, 0.15) is 5.58 Å². The van der Waals surface area contributed by atoms with Crippen LogP contribution in [-0.2, 0) is 10.1 Å². The van der Waals surface area contributed by atoms with Crippen molar-refractivity contribution in [2.45, 2.75) is 5.51 Å². The summed E-state index contributed by atoms with van der Waals surface area (Å²) in [7, 11) is -5.78. The molecule has 22 heavy (non-hydrogen) atoms. The van der Waals surface area contributed by atoms with E-state index in [1.54, 1.807) is 24.3 Å². The first-order valence-corrected chi connectivity index (χ1v) is 7.60. The lowest BCUT2D eigenvalue weighted by atomic mass is 10.1. The second-order valence-electron chi connectivity index (χ2n) is 4.33. The van der Waals surface area contributed by atoms with E-state index >= 15 is 0 Å². The molecule has 3 rings (SSSR count). The molecule has 0 saturated carbocycles. The molecule has 9 heteroatoms. The maximum atomic E-state index is 12.4. The van der Waals surface area contributed by atoms with Gasteiger partial charge in [0.25, 0.3) is 0 Å². The maximum absolute atomic E-state index is 12.4. The Hall–Kier alpha value is -1.93. The molecule has 1 aromatic heterocycles. The molecule has 0 aliphatic carbocycles. The van der Waals surface area contributed by atoms with Gasteiger partial charge in [-0.25, -0.2) is 0 Å². The van der Waals surface area contributed by atoms with Crippen molar-refractivity contribution in [2.24, 2.45) is 0 Å². The zero-order valence-electron chi connectivity index (χ0n) is 10.5. The SMILES string of the molecule is O=S(=O)(Oc1cccc2c1oc1cccc(Cl)c12)C(F)(F)F. The predicted octanol–water partition coefficient (Wildman–Crippen LogP) is 4.47. The topological polar surface area (TPSA) is 56.5 Å². The molecule has 0 unspecified atom stereocenters.